The van der Waals surface area contributed by atoms with Gasteiger partial charge in [0.1, 0.15) is 13.2 Å². The molecule has 0 aliphatic carbocycles. The number of hydrogen-bond donors (Lipinski definition) is 0. The molecule has 0 aliphatic rings. The van der Waals surface area contributed by atoms with Crippen LogP contribution in [-0.4, -0.2) is 37.2 Å². The van der Waals surface area contributed by atoms with Crippen LogP contribution in [0.2, 0.25) is 0 Å². The van der Waals surface area contributed by atoms with Gasteiger partial charge in [-0.15, -0.1) is 0 Å². The van der Waals surface area contributed by atoms with E-state index in [9.17, 15) is 14.4 Å². The van der Waals surface area contributed by atoms with Crippen molar-refractivity contribution in [3.8, 4) is 0 Å². The summed E-state index contributed by atoms with van der Waals surface area (Å²) in [6.07, 6.45) is 74.5. The van der Waals surface area contributed by atoms with E-state index in [0.29, 0.717) is 19.3 Å². The lowest BCUT2D eigenvalue weighted by Crippen LogP contribution is -2.30. The van der Waals surface area contributed by atoms with Gasteiger partial charge >= 0.3 is 17.9 Å². The largest absolute Gasteiger partial charge is 0.462 e. The molecule has 0 aromatic carbocycles. The minimum absolute atomic E-state index is 0.132. The van der Waals surface area contributed by atoms with Crippen molar-refractivity contribution < 1.29 is 28.6 Å². The molecule has 0 aromatic heterocycles. The summed E-state index contributed by atoms with van der Waals surface area (Å²) >= 11 is 0. The molecule has 1 unspecified atom stereocenters. The van der Waals surface area contributed by atoms with Gasteiger partial charge in [0.25, 0.3) is 0 Å². The molecule has 6 heteroatoms. The molecule has 66 heavy (non-hydrogen) atoms. The molecule has 0 radical (unpaired) electrons. The number of carbonyl (C=O) groups is 3. The van der Waals surface area contributed by atoms with Crippen molar-refractivity contribution in [3.05, 3.63) is 134 Å². The standard InChI is InChI=1S/C60H94O6/c1-4-7-10-13-16-19-22-25-27-29-30-32-33-35-38-41-44-47-50-53-59(62)65-56-57(55-64-58(61)52-49-46-43-40-37-24-21-18-15-12-9-6-3)66-60(63)54-51-48-45-42-39-36-34-31-28-26-23-20-17-14-11-8-5-2/h7,10,16-21,25-28,30,32,34-36,38,42,44-45,47,57H,4-6,8-9,11-15,22-24,29,31,33,37,39-41,43,46,48-56H2,1-3H3/b10-7-,19-16-,20-17-,21-18-,27-25-,28-26-,32-30-,36-34-,38-35-,45-42-,47-44-. The van der Waals surface area contributed by atoms with Gasteiger partial charge in [-0.05, 0) is 122 Å². The van der Waals surface area contributed by atoms with Crippen LogP contribution in [0.15, 0.2) is 134 Å². The summed E-state index contributed by atoms with van der Waals surface area (Å²) in [5.74, 6) is -1.10. The number of ether oxygens (including phenoxy) is 3. The molecular weight excluding hydrogens is 817 g/mol. The number of allylic oxidation sites excluding steroid dienone is 22. The minimum Gasteiger partial charge on any atom is -0.462 e. The molecule has 0 saturated heterocycles. The molecule has 0 aliphatic heterocycles. The lowest BCUT2D eigenvalue weighted by Gasteiger charge is -2.18. The molecular formula is C60H94O6. The van der Waals surface area contributed by atoms with Crippen molar-refractivity contribution in [2.45, 2.75) is 213 Å². The first-order valence-electron chi connectivity index (χ1n) is 26.2. The van der Waals surface area contributed by atoms with E-state index >= 15 is 0 Å². The lowest BCUT2D eigenvalue weighted by molar-refractivity contribution is -0.166. The average molecular weight is 911 g/mol. The van der Waals surface area contributed by atoms with Crippen LogP contribution in [0.4, 0.5) is 0 Å². The van der Waals surface area contributed by atoms with E-state index in [1.807, 2.05) is 12.2 Å². The van der Waals surface area contributed by atoms with E-state index in [-0.39, 0.29) is 38.0 Å². The van der Waals surface area contributed by atoms with E-state index in [1.165, 1.54) is 57.8 Å². The molecule has 1 atom stereocenters. The van der Waals surface area contributed by atoms with Crippen LogP contribution in [0.3, 0.4) is 0 Å². The summed E-state index contributed by atoms with van der Waals surface area (Å²) in [4.78, 5) is 37.9. The summed E-state index contributed by atoms with van der Waals surface area (Å²) < 4.78 is 16.7. The fourth-order valence-electron chi connectivity index (χ4n) is 6.45. The van der Waals surface area contributed by atoms with E-state index in [1.54, 1.807) is 0 Å². The van der Waals surface area contributed by atoms with Gasteiger partial charge in [0.2, 0.25) is 0 Å². The van der Waals surface area contributed by atoms with Crippen LogP contribution < -0.4 is 0 Å². The van der Waals surface area contributed by atoms with Crippen molar-refractivity contribution in [2.75, 3.05) is 13.2 Å². The number of carbonyl (C=O) groups excluding carboxylic acids is 3. The quantitative estimate of drug-likeness (QED) is 0.0262. The number of hydrogen-bond acceptors (Lipinski definition) is 6. The Kier molecular flexibility index (Phi) is 49.6. The molecule has 0 amide bonds. The first-order valence-corrected chi connectivity index (χ1v) is 26.2. The molecule has 0 aromatic rings. The highest BCUT2D eigenvalue weighted by Gasteiger charge is 2.19. The maximum atomic E-state index is 12.8. The second-order valence-electron chi connectivity index (χ2n) is 16.7. The van der Waals surface area contributed by atoms with Gasteiger partial charge in [-0.3, -0.25) is 14.4 Å². The summed E-state index contributed by atoms with van der Waals surface area (Å²) in [6, 6.07) is 0. The second-order valence-corrected chi connectivity index (χ2v) is 16.7. The van der Waals surface area contributed by atoms with E-state index in [0.717, 1.165) is 96.3 Å². The van der Waals surface area contributed by atoms with Crippen molar-refractivity contribution in [1.29, 1.82) is 0 Å². The fourth-order valence-corrected chi connectivity index (χ4v) is 6.45. The zero-order valence-electron chi connectivity index (χ0n) is 42.1. The highest BCUT2D eigenvalue weighted by Crippen LogP contribution is 2.11. The molecule has 0 heterocycles. The van der Waals surface area contributed by atoms with Gasteiger partial charge in [-0.1, -0.05) is 199 Å². The van der Waals surface area contributed by atoms with Crippen LogP contribution in [-0.2, 0) is 28.6 Å². The van der Waals surface area contributed by atoms with Crippen molar-refractivity contribution in [3.63, 3.8) is 0 Å². The van der Waals surface area contributed by atoms with Gasteiger partial charge in [-0.25, -0.2) is 0 Å². The van der Waals surface area contributed by atoms with Crippen LogP contribution in [0, 0.1) is 0 Å². The second kappa shape index (κ2) is 53.2. The number of unbranched alkanes of at least 4 members (excludes halogenated alkanes) is 12. The van der Waals surface area contributed by atoms with E-state index < -0.39 is 12.1 Å². The van der Waals surface area contributed by atoms with Crippen LogP contribution in [0.25, 0.3) is 0 Å². The highest BCUT2D eigenvalue weighted by molar-refractivity contribution is 5.71. The van der Waals surface area contributed by atoms with Crippen LogP contribution in [0.1, 0.15) is 207 Å². The van der Waals surface area contributed by atoms with Gasteiger partial charge < -0.3 is 14.2 Å². The minimum atomic E-state index is -0.845. The Morgan fingerprint density at radius 3 is 1.08 bits per heavy atom. The first-order chi connectivity index (χ1) is 32.5. The maximum absolute atomic E-state index is 12.8. The highest BCUT2D eigenvalue weighted by atomic mass is 16.6. The summed E-state index contributed by atoms with van der Waals surface area (Å²) in [5.41, 5.74) is 0. The Morgan fingerprint density at radius 1 is 0.318 bits per heavy atom. The van der Waals surface area contributed by atoms with E-state index in [4.69, 9.17) is 14.2 Å². The van der Waals surface area contributed by atoms with Gasteiger partial charge in [-0.2, -0.15) is 0 Å². The van der Waals surface area contributed by atoms with E-state index in [2.05, 4.69) is 142 Å². The zero-order chi connectivity index (χ0) is 47.9. The van der Waals surface area contributed by atoms with Crippen molar-refractivity contribution >= 4 is 17.9 Å². The third-order valence-corrected chi connectivity index (χ3v) is 10.4. The molecule has 0 fully saturated rings. The lowest BCUT2D eigenvalue weighted by atomic mass is 10.1. The van der Waals surface area contributed by atoms with Crippen molar-refractivity contribution in [1.82, 2.24) is 0 Å². The normalized spacial score (nSPS) is 13.2. The fraction of sp³-hybridized carbons (Fsp3) is 0.583. The average Bonchev–Trinajstić information content (AvgIpc) is 3.31. The molecule has 370 valence electrons. The number of rotatable bonds is 45. The predicted octanol–water partition coefficient (Wildman–Crippen LogP) is 17.5. The third-order valence-electron chi connectivity index (χ3n) is 10.4. The Bertz CT molecular complexity index is 1460. The smallest absolute Gasteiger partial charge is 0.306 e. The summed E-state index contributed by atoms with van der Waals surface area (Å²) in [6.45, 7) is 6.33. The molecule has 0 bridgehead atoms. The Labute approximate surface area is 405 Å². The zero-order valence-corrected chi connectivity index (χ0v) is 42.1. The molecule has 0 spiro atoms. The van der Waals surface area contributed by atoms with Crippen LogP contribution >= 0.6 is 0 Å². The molecule has 0 saturated carbocycles. The number of esters is 3. The Hall–Kier alpha value is -4.45. The SMILES string of the molecule is CC/C=C\C/C=C\C/C=C\C/C=C\C/C=C\C/C=C\CCC(=O)OCC(COC(=O)CCCCCCC/C=C\CCCCC)OC(=O)CCC/C=C\C/C=C\C/C=C\C/C=C\CCCCC. The Morgan fingerprint density at radius 2 is 0.636 bits per heavy atom. The summed E-state index contributed by atoms with van der Waals surface area (Å²) in [7, 11) is 0. The van der Waals surface area contributed by atoms with Gasteiger partial charge in [0.15, 0.2) is 6.10 Å². The van der Waals surface area contributed by atoms with Gasteiger partial charge in [0.05, 0.1) is 0 Å². The predicted molar refractivity (Wildman–Crippen MR) is 283 cm³/mol. The van der Waals surface area contributed by atoms with Crippen molar-refractivity contribution in [2.24, 2.45) is 0 Å². The topological polar surface area (TPSA) is 78.9 Å². The molecule has 0 N–H and O–H groups in total. The Balaban J connectivity index is 4.62. The maximum Gasteiger partial charge on any atom is 0.306 e. The molecule has 6 nitrogen and oxygen atoms in total. The monoisotopic (exact) mass is 911 g/mol. The van der Waals surface area contributed by atoms with Crippen LogP contribution in [0.5, 0.6) is 0 Å². The summed E-state index contributed by atoms with van der Waals surface area (Å²) in [5, 5.41) is 0. The first kappa shape index (κ1) is 61.5. The molecule has 0 rings (SSSR count). The third kappa shape index (κ3) is 50.5. The van der Waals surface area contributed by atoms with Gasteiger partial charge in [0, 0.05) is 19.3 Å².